The first-order valence-corrected chi connectivity index (χ1v) is 11.5. The van der Waals surface area contributed by atoms with E-state index in [4.69, 9.17) is 4.74 Å². The lowest BCUT2D eigenvalue weighted by Crippen LogP contribution is -2.38. The number of carbonyl (C=O) groups excluding carboxylic acids is 4. The Morgan fingerprint density at radius 3 is 2.65 bits per heavy atom. The molecule has 34 heavy (non-hydrogen) atoms. The van der Waals surface area contributed by atoms with Crippen molar-refractivity contribution in [3.8, 4) is 0 Å². The molecule has 0 unspecified atom stereocenters. The molecule has 11 nitrogen and oxygen atoms in total. The summed E-state index contributed by atoms with van der Waals surface area (Å²) in [5, 5.41) is 3.15. The third kappa shape index (κ3) is 4.15. The van der Waals surface area contributed by atoms with Crippen LogP contribution in [0.25, 0.3) is 0 Å². The highest BCUT2D eigenvalue weighted by atomic mass is 32.1. The van der Waals surface area contributed by atoms with Crippen LogP contribution in [0.5, 0.6) is 0 Å². The first kappa shape index (κ1) is 21.8. The number of fused-ring (bicyclic) bond motifs is 1. The molecule has 1 saturated heterocycles. The summed E-state index contributed by atoms with van der Waals surface area (Å²) in [6.45, 7) is 1.29. The molecule has 0 spiro atoms. The molecule has 2 aliphatic rings. The molecule has 2 aliphatic heterocycles. The van der Waals surface area contributed by atoms with Gasteiger partial charge in [-0.2, -0.15) is 0 Å². The van der Waals surface area contributed by atoms with Crippen molar-refractivity contribution >= 4 is 40.3 Å². The van der Waals surface area contributed by atoms with Crippen LogP contribution in [-0.4, -0.2) is 69.0 Å². The van der Waals surface area contributed by atoms with Gasteiger partial charge in [-0.25, -0.2) is 19.7 Å². The average molecular weight is 481 g/mol. The van der Waals surface area contributed by atoms with Gasteiger partial charge in [-0.15, -0.1) is 0 Å². The van der Waals surface area contributed by atoms with E-state index in [0.29, 0.717) is 27.7 Å². The van der Waals surface area contributed by atoms with Crippen molar-refractivity contribution in [1.82, 2.24) is 24.8 Å². The maximum absolute atomic E-state index is 12.6. The molecule has 4 amide bonds. The van der Waals surface area contributed by atoms with E-state index in [-0.39, 0.29) is 19.0 Å². The summed E-state index contributed by atoms with van der Waals surface area (Å²) in [5.41, 5.74) is 0.684. The summed E-state index contributed by atoms with van der Waals surface area (Å²) in [6, 6.07) is 6.59. The first-order chi connectivity index (χ1) is 16.5. The summed E-state index contributed by atoms with van der Waals surface area (Å²) >= 11 is 1.07. The number of imide groups is 1. The minimum Gasteiger partial charge on any atom is -0.442 e. The van der Waals surface area contributed by atoms with Crippen molar-refractivity contribution in [2.75, 3.05) is 24.5 Å². The molecule has 0 radical (unpaired) electrons. The Bertz CT molecular complexity index is 1220. The van der Waals surface area contributed by atoms with Gasteiger partial charge in [0.15, 0.2) is 5.13 Å². The molecule has 3 aromatic rings. The fraction of sp³-hybridized carbons (Fsp3) is 0.273. The highest BCUT2D eigenvalue weighted by Gasteiger charge is 2.41. The van der Waals surface area contributed by atoms with E-state index in [2.05, 4.69) is 15.3 Å². The lowest BCUT2D eigenvalue weighted by Gasteiger charge is -2.17. The van der Waals surface area contributed by atoms with Gasteiger partial charge < -0.3 is 14.6 Å². The third-order valence-electron chi connectivity index (χ3n) is 5.52. The van der Waals surface area contributed by atoms with Crippen molar-refractivity contribution in [1.29, 1.82) is 0 Å². The molecule has 12 heteroatoms. The number of carbonyl (C=O) groups is 4. The Labute approximate surface area is 198 Å². The molecule has 4 heterocycles. The quantitative estimate of drug-likeness (QED) is 0.385. The molecule has 0 bridgehead atoms. The lowest BCUT2D eigenvalue weighted by atomic mass is 10.1. The van der Waals surface area contributed by atoms with Crippen LogP contribution in [0.1, 0.15) is 36.8 Å². The maximum atomic E-state index is 12.6. The Hall–Kier alpha value is -4.06. The highest BCUT2D eigenvalue weighted by molar-refractivity contribution is 7.17. The van der Waals surface area contributed by atoms with E-state index in [1.165, 1.54) is 11.1 Å². The fourth-order valence-corrected chi connectivity index (χ4v) is 4.68. The van der Waals surface area contributed by atoms with Gasteiger partial charge in [-0.3, -0.25) is 19.3 Å². The van der Waals surface area contributed by atoms with Crippen LogP contribution in [0.4, 0.5) is 9.93 Å². The molecule has 5 rings (SSSR count). The van der Waals surface area contributed by atoms with Gasteiger partial charge in [0, 0.05) is 25.5 Å². The second kappa shape index (κ2) is 9.06. The van der Waals surface area contributed by atoms with Crippen molar-refractivity contribution in [2.24, 2.45) is 0 Å². The summed E-state index contributed by atoms with van der Waals surface area (Å²) in [4.78, 5) is 60.9. The van der Waals surface area contributed by atoms with Gasteiger partial charge in [-0.05, 0) is 18.6 Å². The largest absolute Gasteiger partial charge is 0.442 e. The number of anilines is 1. The van der Waals surface area contributed by atoms with Crippen LogP contribution < -0.4 is 10.2 Å². The number of aryl methyl sites for hydroxylation is 1. The van der Waals surface area contributed by atoms with Crippen molar-refractivity contribution in [2.45, 2.75) is 19.1 Å². The molecular weight excluding hydrogens is 460 g/mol. The van der Waals surface area contributed by atoms with Crippen molar-refractivity contribution in [3.63, 3.8) is 0 Å². The van der Waals surface area contributed by atoms with Crippen molar-refractivity contribution < 1.29 is 23.9 Å². The van der Waals surface area contributed by atoms with Gasteiger partial charge in [0.1, 0.15) is 11.0 Å². The maximum Gasteiger partial charge on any atom is 0.416 e. The third-order valence-corrected chi connectivity index (χ3v) is 6.54. The van der Waals surface area contributed by atoms with Gasteiger partial charge in [0.2, 0.25) is 0 Å². The highest BCUT2D eigenvalue weighted by Crippen LogP contribution is 2.29. The van der Waals surface area contributed by atoms with E-state index < -0.39 is 24.0 Å². The van der Waals surface area contributed by atoms with E-state index in [1.807, 2.05) is 10.8 Å². The van der Waals surface area contributed by atoms with Crippen LogP contribution in [0.15, 0.2) is 49.2 Å². The van der Waals surface area contributed by atoms with E-state index in [0.717, 1.165) is 29.2 Å². The average Bonchev–Trinajstić information content (AvgIpc) is 3.63. The van der Waals surface area contributed by atoms with Gasteiger partial charge in [0.25, 0.3) is 17.7 Å². The minimum atomic E-state index is -0.695. The Morgan fingerprint density at radius 1 is 1.18 bits per heavy atom. The number of amides is 4. The smallest absolute Gasteiger partial charge is 0.416 e. The first-order valence-electron chi connectivity index (χ1n) is 10.6. The molecule has 1 N–H and O–H groups in total. The fourth-order valence-electron chi connectivity index (χ4n) is 3.85. The predicted molar refractivity (Wildman–Crippen MR) is 121 cm³/mol. The zero-order chi connectivity index (χ0) is 23.7. The molecule has 0 aliphatic carbocycles. The number of imidazole rings is 1. The normalized spacial score (nSPS) is 17.3. The molecule has 1 atom stereocenters. The topological polar surface area (TPSA) is 127 Å². The minimum absolute atomic E-state index is 0.0514. The Kier molecular flexibility index (Phi) is 5.80. The number of benzene rings is 1. The van der Waals surface area contributed by atoms with Crippen LogP contribution in [0.3, 0.4) is 0 Å². The standard InChI is InChI=1S/C22H20N6O5S/c29-18(24-6-3-8-26-9-7-23-13-26)17-10-25-21(34-17)28-12-14(33-22(28)32)11-27-19(30)15-4-1-2-5-16(15)20(27)31/h1-2,4-5,7,9-10,13-14H,3,6,8,11-12H2,(H,24,29)/t14-/m1/s1. The van der Waals surface area contributed by atoms with Crippen molar-refractivity contribution in [3.05, 3.63) is 65.2 Å². The molecule has 2 aromatic heterocycles. The summed E-state index contributed by atoms with van der Waals surface area (Å²) in [7, 11) is 0. The van der Waals surface area contributed by atoms with Crippen LogP contribution in [0.2, 0.25) is 0 Å². The molecule has 0 saturated carbocycles. The number of hydrogen-bond donors (Lipinski definition) is 1. The number of ether oxygens (including phenoxy) is 1. The van der Waals surface area contributed by atoms with Crippen LogP contribution in [-0.2, 0) is 11.3 Å². The Balaban J connectivity index is 1.16. The number of nitrogens with one attached hydrogen (secondary N) is 1. The summed E-state index contributed by atoms with van der Waals surface area (Å²) in [6.07, 6.45) is 6.09. The second-order valence-corrected chi connectivity index (χ2v) is 8.81. The van der Waals surface area contributed by atoms with Gasteiger partial charge in [-0.1, -0.05) is 23.5 Å². The number of rotatable bonds is 8. The number of aromatic nitrogens is 3. The van der Waals surface area contributed by atoms with Gasteiger partial charge in [0.05, 0.1) is 36.7 Å². The van der Waals surface area contributed by atoms with E-state index in [1.54, 1.807) is 36.8 Å². The molecule has 1 aromatic carbocycles. The zero-order valence-corrected chi connectivity index (χ0v) is 18.7. The summed E-state index contributed by atoms with van der Waals surface area (Å²) < 4.78 is 7.29. The zero-order valence-electron chi connectivity index (χ0n) is 17.9. The Morgan fingerprint density at radius 2 is 1.94 bits per heavy atom. The molecular formula is C22H20N6O5S. The van der Waals surface area contributed by atoms with E-state index >= 15 is 0 Å². The molecule has 174 valence electrons. The number of thiazole rings is 1. The number of nitrogens with zero attached hydrogens (tertiary/aromatic N) is 5. The number of hydrogen-bond acceptors (Lipinski definition) is 8. The lowest BCUT2D eigenvalue weighted by molar-refractivity contribution is 0.0558. The van der Waals surface area contributed by atoms with E-state index in [9.17, 15) is 19.2 Å². The molecule has 1 fully saturated rings. The summed E-state index contributed by atoms with van der Waals surface area (Å²) in [5.74, 6) is -1.09. The van der Waals surface area contributed by atoms with Crippen LogP contribution in [0, 0.1) is 0 Å². The SMILES string of the molecule is O=C(NCCCn1ccnc1)c1cnc(N2C[C@@H](CN3C(=O)c4ccccc4C3=O)OC2=O)s1. The van der Waals surface area contributed by atoms with Crippen LogP contribution >= 0.6 is 11.3 Å². The van der Waals surface area contributed by atoms with Gasteiger partial charge >= 0.3 is 6.09 Å². The number of cyclic esters (lactones) is 1. The monoisotopic (exact) mass is 480 g/mol. The predicted octanol–water partition coefficient (Wildman–Crippen LogP) is 1.78. The second-order valence-electron chi connectivity index (χ2n) is 7.80.